The van der Waals surface area contributed by atoms with E-state index in [9.17, 15) is 19.2 Å². The molecule has 2 aliphatic rings. The van der Waals surface area contributed by atoms with Crippen LogP contribution in [0, 0.1) is 11.8 Å². The summed E-state index contributed by atoms with van der Waals surface area (Å²) in [6.45, 7) is 1.38. The largest absolute Gasteiger partial charge is 0.497 e. The van der Waals surface area contributed by atoms with Gasteiger partial charge in [0.15, 0.2) is 5.78 Å². The predicted molar refractivity (Wildman–Crippen MR) is 127 cm³/mol. The fourth-order valence-electron chi connectivity index (χ4n) is 4.30. The number of imide groups is 1. The highest BCUT2D eigenvalue weighted by atomic mass is 35.5. The smallest absolute Gasteiger partial charge is 0.274 e. The summed E-state index contributed by atoms with van der Waals surface area (Å²) in [7, 11) is 1.51. The van der Waals surface area contributed by atoms with Gasteiger partial charge in [-0.15, -0.1) is 0 Å². The highest BCUT2D eigenvalue weighted by Gasteiger charge is 2.51. The molecule has 7 nitrogen and oxygen atoms in total. The molecule has 0 aromatic heterocycles. The number of allylic oxidation sites excluding steroid dienone is 2. The van der Waals surface area contributed by atoms with E-state index >= 15 is 0 Å². The zero-order valence-corrected chi connectivity index (χ0v) is 20.1. The summed E-state index contributed by atoms with van der Waals surface area (Å²) >= 11 is 12.2. The van der Waals surface area contributed by atoms with Gasteiger partial charge in [0.05, 0.1) is 29.5 Å². The summed E-state index contributed by atoms with van der Waals surface area (Å²) in [5, 5.41) is 2.10. The molecule has 1 aliphatic heterocycles. The van der Waals surface area contributed by atoms with Crippen molar-refractivity contribution in [2.45, 2.75) is 19.8 Å². The van der Waals surface area contributed by atoms with Crippen LogP contribution in [-0.4, -0.2) is 47.2 Å². The van der Waals surface area contributed by atoms with Crippen molar-refractivity contribution in [1.82, 2.24) is 10.0 Å². The zero-order valence-electron chi connectivity index (χ0n) is 18.6. The van der Waals surface area contributed by atoms with Crippen LogP contribution in [0.15, 0.2) is 54.1 Å². The number of fused-ring (bicyclic) bond motifs is 1. The van der Waals surface area contributed by atoms with E-state index in [4.69, 9.17) is 27.9 Å². The predicted octanol–water partition coefficient (Wildman–Crippen LogP) is 4.58. The molecule has 0 unspecified atom stereocenters. The molecule has 2 aromatic rings. The van der Waals surface area contributed by atoms with E-state index < -0.39 is 41.9 Å². The molecule has 1 fully saturated rings. The average Bonchev–Trinajstić information content (AvgIpc) is 3.06. The average molecular weight is 501 g/mol. The molecule has 4 rings (SSSR count). The van der Waals surface area contributed by atoms with Crippen LogP contribution in [0.3, 0.4) is 0 Å². The molecule has 3 amide bonds. The maximum atomic E-state index is 13.6. The molecule has 0 saturated carbocycles. The number of carbonyl (C=O) groups excluding carboxylic acids is 4. The van der Waals surface area contributed by atoms with Crippen LogP contribution in [-0.2, 0) is 9.59 Å². The lowest BCUT2D eigenvalue weighted by molar-refractivity contribution is -0.154. The molecule has 176 valence electrons. The summed E-state index contributed by atoms with van der Waals surface area (Å²) in [6, 6.07) is 10.6. The van der Waals surface area contributed by atoms with Crippen LogP contribution >= 0.6 is 23.2 Å². The van der Waals surface area contributed by atoms with Gasteiger partial charge in [0.2, 0.25) is 0 Å². The molecule has 0 spiro atoms. The second-order valence-electron chi connectivity index (χ2n) is 8.33. The van der Waals surface area contributed by atoms with Crippen molar-refractivity contribution in [2.75, 3.05) is 13.7 Å². The first-order valence-electron chi connectivity index (χ1n) is 10.7. The highest BCUT2D eigenvalue weighted by molar-refractivity contribution is 6.36. The Hall–Kier alpha value is -3.16. The van der Waals surface area contributed by atoms with Gasteiger partial charge in [-0.1, -0.05) is 34.9 Å². The third-order valence-electron chi connectivity index (χ3n) is 6.14. The van der Waals surface area contributed by atoms with Gasteiger partial charge in [-0.25, -0.2) is 5.01 Å². The van der Waals surface area contributed by atoms with E-state index in [2.05, 4.69) is 0 Å². The van der Waals surface area contributed by atoms with E-state index in [-0.39, 0.29) is 10.6 Å². The maximum Gasteiger partial charge on any atom is 0.274 e. The molecule has 34 heavy (non-hydrogen) atoms. The van der Waals surface area contributed by atoms with Crippen molar-refractivity contribution in [3.8, 4) is 5.75 Å². The Bertz CT molecular complexity index is 1210. The number of rotatable bonds is 6. The first-order chi connectivity index (χ1) is 16.2. The maximum absolute atomic E-state index is 13.6. The molecule has 1 aliphatic carbocycles. The van der Waals surface area contributed by atoms with Crippen LogP contribution in [0.5, 0.6) is 5.75 Å². The number of hydrogen-bond acceptors (Lipinski definition) is 5. The molecule has 2 aromatic carbocycles. The Kier molecular flexibility index (Phi) is 6.77. The number of ether oxygens (including phenoxy) is 1. The summed E-state index contributed by atoms with van der Waals surface area (Å²) in [6.07, 6.45) is 2.77. The van der Waals surface area contributed by atoms with E-state index in [0.29, 0.717) is 29.2 Å². The molecule has 1 heterocycles. The minimum absolute atomic E-state index is 0.0263. The zero-order chi connectivity index (χ0) is 24.6. The van der Waals surface area contributed by atoms with Crippen LogP contribution < -0.4 is 4.74 Å². The Balaban J connectivity index is 1.70. The molecule has 0 radical (unpaired) electrons. The Morgan fingerprint density at radius 3 is 2.38 bits per heavy atom. The third-order valence-corrected chi connectivity index (χ3v) is 6.69. The number of halogens is 2. The number of hydrogen-bond donors (Lipinski definition) is 0. The summed E-state index contributed by atoms with van der Waals surface area (Å²) in [5.74, 6) is -2.76. The van der Waals surface area contributed by atoms with Gasteiger partial charge < -0.3 is 4.74 Å². The Morgan fingerprint density at radius 1 is 1.06 bits per heavy atom. The molecule has 2 atom stereocenters. The lowest BCUT2D eigenvalue weighted by Crippen LogP contribution is -2.52. The van der Waals surface area contributed by atoms with E-state index in [1.807, 2.05) is 13.0 Å². The molecule has 1 saturated heterocycles. The van der Waals surface area contributed by atoms with Crippen molar-refractivity contribution in [2.24, 2.45) is 11.8 Å². The fraction of sp³-hybridized carbons (Fsp3) is 0.280. The first-order valence-corrected chi connectivity index (χ1v) is 11.4. The minimum atomic E-state index is -0.742. The van der Waals surface area contributed by atoms with E-state index in [1.54, 1.807) is 24.3 Å². The molecular weight excluding hydrogens is 479 g/mol. The third kappa shape index (κ3) is 4.45. The summed E-state index contributed by atoms with van der Waals surface area (Å²) < 4.78 is 5.12. The standard InChI is InChI=1S/C25H22Cl2N2O5/c1-14-3-9-18-20(11-14)25(33)29(24(18)32)28(23(31)19-10-6-16(26)12-21(19)27)13-22(30)15-4-7-17(34-2)8-5-15/h3-8,10,12,18,20H,9,11,13H2,1-2H3/t18-,20+/m1/s1. The van der Waals surface area contributed by atoms with Gasteiger partial charge in [0.1, 0.15) is 12.3 Å². The monoisotopic (exact) mass is 500 g/mol. The number of amides is 3. The lowest BCUT2D eigenvalue weighted by Gasteiger charge is -2.30. The van der Waals surface area contributed by atoms with E-state index in [1.165, 1.54) is 25.3 Å². The van der Waals surface area contributed by atoms with Crippen molar-refractivity contribution < 1.29 is 23.9 Å². The van der Waals surface area contributed by atoms with Crippen molar-refractivity contribution in [3.05, 3.63) is 75.3 Å². The highest BCUT2D eigenvalue weighted by Crippen LogP contribution is 2.39. The SMILES string of the molecule is COc1ccc(C(=O)CN(C(=O)c2ccc(Cl)cc2Cl)N2C(=O)[C@H]3CC(C)=CC[C@H]3C2=O)cc1. The van der Waals surface area contributed by atoms with Gasteiger partial charge in [0, 0.05) is 10.6 Å². The second kappa shape index (κ2) is 9.60. The number of hydrazine groups is 1. The molecule has 0 bridgehead atoms. The number of carbonyl (C=O) groups is 4. The van der Waals surface area contributed by atoms with Crippen molar-refractivity contribution >= 4 is 46.7 Å². The number of methoxy groups -OCH3 is 1. The Morgan fingerprint density at radius 2 is 1.74 bits per heavy atom. The summed E-state index contributed by atoms with van der Waals surface area (Å²) in [5.41, 5.74) is 1.34. The second-order valence-corrected chi connectivity index (χ2v) is 9.17. The molecular formula is C25H22Cl2N2O5. The van der Waals surface area contributed by atoms with E-state index in [0.717, 1.165) is 15.6 Å². The van der Waals surface area contributed by atoms with Gasteiger partial charge >= 0.3 is 0 Å². The fourth-order valence-corrected chi connectivity index (χ4v) is 4.79. The Labute approximate surface area is 206 Å². The van der Waals surface area contributed by atoms with Crippen molar-refractivity contribution in [3.63, 3.8) is 0 Å². The molecule has 9 heteroatoms. The first kappa shape index (κ1) is 24.0. The number of nitrogens with zero attached hydrogens (tertiary/aromatic N) is 2. The minimum Gasteiger partial charge on any atom is -0.497 e. The van der Waals surface area contributed by atoms with Crippen molar-refractivity contribution in [1.29, 1.82) is 0 Å². The van der Waals surface area contributed by atoms with Gasteiger partial charge in [-0.3, -0.25) is 19.2 Å². The summed E-state index contributed by atoms with van der Waals surface area (Å²) in [4.78, 5) is 53.3. The number of benzene rings is 2. The van der Waals surface area contributed by atoms with Crippen LogP contribution in [0.2, 0.25) is 10.0 Å². The van der Waals surface area contributed by atoms with Gasteiger partial charge in [-0.05, 0) is 62.2 Å². The number of Topliss-reactive ketones (excluding diaryl/α,β-unsaturated/α-hetero) is 1. The van der Waals surface area contributed by atoms with Crippen LogP contribution in [0.1, 0.15) is 40.5 Å². The molecule has 0 N–H and O–H groups in total. The number of ketones is 1. The van der Waals surface area contributed by atoms with Crippen LogP contribution in [0.25, 0.3) is 0 Å². The van der Waals surface area contributed by atoms with Gasteiger partial charge in [-0.2, -0.15) is 5.01 Å². The topological polar surface area (TPSA) is 84.0 Å². The lowest BCUT2D eigenvalue weighted by atomic mass is 9.82. The normalized spacial score (nSPS) is 19.5. The quantitative estimate of drug-likeness (QED) is 0.329. The van der Waals surface area contributed by atoms with Gasteiger partial charge in [0.25, 0.3) is 17.7 Å². The van der Waals surface area contributed by atoms with Crippen LogP contribution in [0.4, 0.5) is 0 Å².